The monoisotopic (exact) mass is 369 g/mol. The molecule has 0 saturated carbocycles. The Kier molecular flexibility index (Phi) is 6.71. The van der Waals surface area contributed by atoms with Gasteiger partial charge in [0.15, 0.2) is 0 Å². The summed E-state index contributed by atoms with van der Waals surface area (Å²) in [5.41, 5.74) is 5.45. The van der Waals surface area contributed by atoms with Crippen molar-refractivity contribution < 1.29 is 22.0 Å². The van der Waals surface area contributed by atoms with Crippen LogP contribution in [-0.2, 0) is 6.54 Å². The number of nitrogens with zero attached hydrogens (tertiary/aromatic N) is 1. The predicted octanol–water partition coefficient (Wildman–Crippen LogP) is 4.67. The van der Waals surface area contributed by atoms with Crippen molar-refractivity contribution in [3.63, 3.8) is 0 Å². The molecule has 0 aliphatic carbocycles. The highest BCUT2D eigenvalue weighted by molar-refractivity contribution is 6.11. The molecule has 0 aromatic heterocycles. The molecule has 138 valence electrons. The molecule has 0 fully saturated rings. The molecule has 2 aromatic rings. The number of allylic oxidation sites excluding steroid dienone is 2. The van der Waals surface area contributed by atoms with Crippen LogP contribution in [0.3, 0.4) is 0 Å². The first-order valence-corrected chi connectivity index (χ1v) is 7.55. The first-order chi connectivity index (χ1) is 12.4. The van der Waals surface area contributed by atoms with Gasteiger partial charge >= 0.3 is 6.55 Å². The third kappa shape index (κ3) is 5.30. The molecule has 0 aliphatic heterocycles. The first-order valence-electron chi connectivity index (χ1n) is 7.55. The molecular weight excluding hydrogens is 353 g/mol. The van der Waals surface area contributed by atoms with Gasteiger partial charge < -0.3 is 11.1 Å². The van der Waals surface area contributed by atoms with Crippen LogP contribution < -0.4 is 11.1 Å². The van der Waals surface area contributed by atoms with Crippen LogP contribution in [0.5, 0.6) is 0 Å². The van der Waals surface area contributed by atoms with Gasteiger partial charge in [0, 0.05) is 29.6 Å². The number of anilines is 1. The zero-order valence-electron chi connectivity index (χ0n) is 13.5. The Bertz CT molecular complexity index is 786. The Morgan fingerprint density at radius 3 is 2.27 bits per heavy atom. The average molecular weight is 369 g/mol. The molecule has 26 heavy (non-hydrogen) atoms. The highest BCUT2D eigenvalue weighted by atomic mass is 19.3. The number of benzene rings is 2. The van der Waals surface area contributed by atoms with E-state index >= 15 is 0 Å². The summed E-state index contributed by atoms with van der Waals surface area (Å²) in [6, 6.07) is 12.2. The van der Waals surface area contributed by atoms with Crippen LogP contribution in [0.15, 0.2) is 59.2 Å². The van der Waals surface area contributed by atoms with Crippen molar-refractivity contribution in [1.82, 2.24) is 0 Å². The van der Waals surface area contributed by atoms with Gasteiger partial charge in [-0.25, -0.2) is 18.2 Å². The molecule has 0 heterocycles. The summed E-state index contributed by atoms with van der Waals surface area (Å²) in [6.07, 6.45) is -2.37. The summed E-state index contributed by atoms with van der Waals surface area (Å²) in [5.74, 6) is -0.352. The molecule has 0 atom stereocenters. The summed E-state index contributed by atoms with van der Waals surface area (Å²) in [5, 5.41) is 2.98. The van der Waals surface area contributed by atoms with E-state index in [9.17, 15) is 22.0 Å². The molecule has 3 nitrogen and oxygen atoms in total. The number of halogens is 5. The molecule has 0 unspecified atom stereocenters. The van der Waals surface area contributed by atoms with Crippen LogP contribution in [0.2, 0.25) is 0 Å². The van der Waals surface area contributed by atoms with E-state index in [2.05, 4.69) is 10.3 Å². The van der Waals surface area contributed by atoms with Crippen LogP contribution >= 0.6 is 0 Å². The van der Waals surface area contributed by atoms with Crippen molar-refractivity contribution in [3.8, 4) is 0 Å². The third-order valence-corrected chi connectivity index (χ3v) is 3.50. The largest absolute Gasteiger partial charge is 0.397 e. The molecular formula is C18H16F5N3. The lowest BCUT2D eigenvalue weighted by atomic mass is 10.0. The van der Waals surface area contributed by atoms with Crippen molar-refractivity contribution in [2.45, 2.75) is 19.5 Å². The van der Waals surface area contributed by atoms with Gasteiger partial charge in [-0.1, -0.05) is 30.3 Å². The van der Waals surface area contributed by atoms with E-state index in [0.29, 0.717) is 17.5 Å². The molecule has 2 rings (SSSR count). The fourth-order valence-corrected chi connectivity index (χ4v) is 2.17. The van der Waals surface area contributed by atoms with Gasteiger partial charge in [0.1, 0.15) is 5.82 Å². The lowest BCUT2D eigenvalue weighted by Gasteiger charge is -2.11. The van der Waals surface area contributed by atoms with Gasteiger partial charge in [0.2, 0.25) is 0 Å². The van der Waals surface area contributed by atoms with E-state index in [-0.39, 0.29) is 23.5 Å². The number of nitrogens with one attached hydrogen (secondary N) is 1. The topological polar surface area (TPSA) is 50.4 Å². The van der Waals surface area contributed by atoms with Crippen LogP contribution in [0.25, 0.3) is 5.57 Å². The summed E-state index contributed by atoms with van der Waals surface area (Å²) >= 11 is 0. The Labute approximate surface area is 147 Å². The Balaban J connectivity index is 2.18. The second-order valence-corrected chi connectivity index (χ2v) is 5.25. The van der Waals surface area contributed by atoms with Gasteiger partial charge in [-0.3, -0.25) is 0 Å². The number of hydrogen-bond acceptors (Lipinski definition) is 3. The smallest absolute Gasteiger partial charge is 0.331 e. The van der Waals surface area contributed by atoms with Gasteiger partial charge in [-0.15, -0.1) is 0 Å². The number of nitrogens with two attached hydrogens (primary N) is 1. The third-order valence-electron chi connectivity index (χ3n) is 3.50. The van der Waals surface area contributed by atoms with E-state index in [0.717, 1.165) is 0 Å². The molecule has 0 saturated heterocycles. The standard InChI is InChI=1S/C18H16F5N3/c19-15-4-2-1-3-12(15)9-25-13-7-5-11(6-8-13)14(10-26-18(22)23)16(24)17(20)21/h1-8,10,17-18,25H,9,24H2/b16-14+,26-10+. The van der Waals surface area contributed by atoms with Crippen LogP contribution in [-0.4, -0.2) is 19.2 Å². The fourth-order valence-electron chi connectivity index (χ4n) is 2.17. The molecule has 2 aromatic carbocycles. The van der Waals surface area contributed by atoms with Gasteiger partial charge in [0.05, 0.1) is 5.70 Å². The maximum atomic E-state index is 13.6. The lowest BCUT2D eigenvalue weighted by molar-refractivity contribution is 0.160. The maximum absolute atomic E-state index is 13.6. The molecule has 0 bridgehead atoms. The predicted molar refractivity (Wildman–Crippen MR) is 91.8 cm³/mol. The number of aliphatic imine (C=N–C) groups is 1. The SMILES string of the molecule is N/C(=C(\C=N\C(F)F)c1ccc(NCc2ccccc2F)cc1)C(F)F. The van der Waals surface area contributed by atoms with E-state index < -0.39 is 18.7 Å². The van der Waals surface area contributed by atoms with Gasteiger partial charge in [0.25, 0.3) is 6.43 Å². The van der Waals surface area contributed by atoms with Crippen LogP contribution in [0.4, 0.5) is 27.6 Å². The van der Waals surface area contributed by atoms with Crippen molar-refractivity contribution in [2.24, 2.45) is 10.7 Å². The minimum absolute atomic E-state index is 0.212. The molecule has 0 spiro atoms. The quantitative estimate of drug-likeness (QED) is 0.423. The summed E-state index contributed by atoms with van der Waals surface area (Å²) in [4.78, 5) is 2.83. The molecule has 0 radical (unpaired) electrons. The van der Waals surface area contributed by atoms with E-state index in [1.165, 1.54) is 18.2 Å². The van der Waals surface area contributed by atoms with Gasteiger partial charge in [-0.05, 0) is 23.8 Å². The molecule has 8 heteroatoms. The van der Waals surface area contributed by atoms with Gasteiger partial charge in [-0.2, -0.15) is 8.78 Å². The van der Waals surface area contributed by atoms with Crippen LogP contribution in [0.1, 0.15) is 11.1 Å². The van der Waals surface area contributed by atoms with E-state index in [1.54, 1.807) is 30.3 Å². The van der Waals surface area contributed by atoms with Crippen molar-refractivity contribution >= 4 is 17.5 Å². The Morgan fingerprint density at radius 2 is 1.69 bits per heavy atom. The summed E-state index contributed by atoms with van der Waals surface area (Å²) < 4.78 is 63.7. The van der Waals surface area contributed by atoms with Crippen molar-refractivity contribution in [1.29, 1.82) is 0 Å². The fraction of sp³-hybridized carbons (Fsp3) is 0.167. The summed E-state index contributed by atoms with van der Waals surface area (Å²) in [7, 11) is 0. The summed E-state index contributed by atoms with van der Waals surface area (Å²) in [6.45, 7) is -2.81. The highest BCUT2D eigenvalue weighted by Crippen LogP contribution is 2.22. The van der Waals surface area contributed by atoms with Crippen molar-refractivity contribution in [2.75, 3.05) is 5.32 Å². The normalized spacial score (nSPS) is 12.7. The zero-order valence-corrected chi connectivity index (χ0v) is 13.5. The number of rotatable bonds is 7. The molecule has 3 N–H and O–H groups in total. The number of hydrogen-bond donors (Lipinski definition) is 2. The van der Waals surface area contributed by atoms with Crippen molar-refractivity contribution in [3.05, 3.63) is 71.2 Å². The Hall–Kier alpha value is -2.90. The minimum atomic E-state index is -3.03. The Morgan fingerprint density at radius 1 is 1.04 bits per heavy atom. The average Bonchev–Trinajstić information content (AvgIpc) is 2.61. The second-order valence-electron chi connectivity index (χ2n) is 5.25. The second kappa shape index (κ2) is 8.98. The van der Waals surface area contributed by atoms with E-state index in [4.69, 9.17) is 5.73 Å². The zero-order chi connectivity index (χ0) is 19.1. The lowest BCUT2D eigenvalue weighted by Crippen LogP contribution is -2.12. The van der Waals surface area contributed by atoms with E-state index in [1.807, 2.05) is 0 Å². The van der Waals surface area contributed by atoms with Crippen LogP contribution in [0, 0.1) is 5.82 Å². The molecule has 0 aliphatic rings. The minimum Gasteiger partial charge on any atom is -0.397 e. The maximum Gasteiger partial charge on any atom is 0.331 e. The first kappa shape index (κ1) is 19.4. The highest BCUT2D eigenvalue weighted by Gasteiger charge is 2.14. The number of alkyl halides is 4. The molecule has 0 amide bonds.